The highest BCUT2D eigenvalue weighted by molar-refractivity contribution is 5.88. The molecule has 0 unspecified atom stereocenters. The Hall–Kier alpha value is -1.56. The molecule has 1 aromatic rings. The third-order valence-electron chi connectivity index (χ3n) is 3.76. The summed E-state index contributed by atoms with van der Waals surface area (Å²) in [5, 5.41) is 8.84. The van der Waals surface area contributed by atoms with Gasteiger partial charge in [0.2, 0.25) is 0 Å². The molecular formula is C14H16F3NO2. The molecule has 1 aromatic carbocycles. The maximum Gasteiger partial charge on any atom is 0.416 e. The van der Waals surface area contributed by atoms with Crippen molar-refractivity contribution in [3.63, 3.8) is 0 Å². The van der Waals surface area contributed by atoms with Crippen LogP contribution in [0.1, 0.15) is 40.2 Å². The van der Waals surface area contributed by atoms with Gasteiger partial charge in [0, 0.05) is 0 Å². The minimum absolute atomic E-state index is 0.161. The van der Waals surface area contributed by atoms with E-state index in [0.29, 0.717) is 12.8 Å². The molecule has 0 aliphatic carbocycles. The number of hydrogen-bond acceptors (Lipinski definition) is 2. The van der Waals surface area contributed by atoms with Crippen molar-refractivity contribution in [2.75, 3.05) is 20.1 Å². The van der Waals surface area contributed by atoms with E-state index in [0.717, 1.165) is 19.2 Å². The first kappa shape index (κ1) is 14.8. The fourth-order valence-corrected chi connectivity index (χ4v) is 2.61. The van der Waals surface area contributed by atoms with Crippen molar-refractivity contribution in [2.45, 2.75) is 24.9 Å². The van der Waals surface area contributed by atoms with Crippen LogP contribution < -0.4 is 0 Å². The second kappa shape index (κ2) is 5.44. The Balaban J connectivity index is 2.39. The van der Waals surface area contributed by atoms with Crippen molar-refractivity contribution in [1.29, 1.82) is 0 Å². The van der Waals surface area contributed by atoms with Crippen molar-refractivity contribution in [2.24, 2.45) is 0 Å². The van der Waals surface area contributed by atoms with Crippen LogP contribution in [0.3, 0.4) is 0 Å². The van der Waals surface area contributed by atoms with Crippen LogP contribution in [0.4, 0.5) is 13.2 Å². The number of nitrogens with zero attached hydrogens (tertiary/aromatic N) is 1. The van der Waals surface area contributed by atoms with Crippen LogP contribution in [0.2, 0.25) is 0 Å². The van der Waals surface area contributed by atoms with Crippen LogP contribution in [0.15, 0.2) is 18.2 Å². The maximum absolute atomic E-state index is 13.1. The van der Waals surface area contributed by atoms with Gasteiger partial charge in [-0.05, 0) is 56.6 Å². The molecule has 6 heteroatoms. The number of rotatable bonds is 2. The van der Waals surface area contributed by atoms with Crippen LogP contribution in [-0.4, -0.2) is 36.1 Å². The van der Waals surface area contributed by atoms with E-state index in [4.69, 9.17) is 5.11 Å². The molecule has 1 aliphatic heterocycles. The topological polar surface area (TPSA) is 40.5 Å². The molecule has 1 N–H and O–H groups in total. The van der Waals surface area contributed by atoms with Crippen molar-refractivity contribution in [3.8, 4) is 0 Å². The van der Waals surface area contributed by atoms with Crippen LogP contribution in [-0.2, 0) is 6.18 Å². The number of hydrogen-bond donors (Lipinski definition) is 1. The highest BCUT2D eigenvalue weighted by Gasteiger charge is 2.36. The fourth-order valence-electron chi connectivity index (χ4n) is 2.61. The molecule has 1 aliphatic rings. The Labute approximate surface area is 115 Å². The van der Waals surface area contributed by atoms with E-state index in [1.165, 1.54) is 12.1 Å². The summed E-state index contributed by atoms with van der Waals surface area (Å²) in [6.07, 6.45) is -3.21. The first-order chi connectivity index (χ1) is 9.29. The summed E-state index contributed by atoms with van der Waals surface area (Å²) >= 11 is 0. The van der Waals surface area contributed by atoms with E-state index < -0.39 is 17.7 Å². The zero-order valence-electron chi connectivity index (χ0n) is 11.1. The Morgan fingerprint density at radius 3 is 2.40 bits per heavy atom. The standard InChI is InChI=1S/C14H16F3NO2/c1-18-6-4-9(5-7-18)11-3-2-10(13(19)20)8-12(11)14(15,16)17/h2-3,8-9H,4-7H2,1H3,(H,19,20). The van der Waals surface area contributed by atoms with E-state index in [1.807, 2.05) is 7.05 Å². The molecule has 0 spiro atoms. The van der Waals surface area contributed by atoms with E-state index in [1.54, 1.807) is 0 Å². The normalized spacial score (nSPS) is 18.2. The van der Waals surface area contributed by atoms with Gasteiger partial charge in [-0.15, -0.1) is 0 Å². The van der Waals surface area contributed by atoms with E-state index >= 15 is 0 Å². The number of carboxylic acids is 1. The minimum Gasteiger partial charge on any atom is -0.478 e. The van der Waals surface area contributed by atoms with Crippen molar-refractivity contribution < 1.29 is 23.1 Å². The number of aromatic carboxylic acids is 1. The maximum atomic E-state index is 13.1. The summed E-state index contributed by atoms with van der Waals surface area (Å²) in [5.74, 6) is -1.50. The van der Waals surface area contributed by atoms with Gasteiger partial charge >= 0.3 is 12.1 Å². The lowest BCUT2D eigenvalue weighted by atomic mass is 9.85. The molecule has 2 rings (SSSR count). The van der Waals surface area contributed by atoms with E-state index in [2.05, 4.69) is 4.90 Å². The van der Waals surface area contributed by atoms with Crippen molar-refractivity contribution in [1.82, 2.24) is 4.90 Å². The van der Waals surface area contributed by atoms with E-state index in [-0.39, 0.29) is 17.0 Å². The summed E-state index contributed by atoms with van der Waals surface area (Å²) < 4.78 is 39.4. The Morgan fingerprint density at radius 2 is 1.90 bits per heavy atom. The quantitative estimate of drug-likeness (QED) is 0.908. The molecule has 0 radical (unpaired) electrons. The molecule has 0 atom stereocenters. The summed E-state index contributed by atoms with van der Waals surface area (Å²) in [4.78, 5) is 12.9. The van der Waals surface area contributed by atoms with Crippen LogP contribution >= 0.6 is 0 Å². The molecule has 3 nitrogen and oxygen atoms in total. The molecule has 1 heterocycles. The van der Waals surface area contributed by atoms with Gasteiger partial charge < -0.3 is 10.0 Å². The SMILES string of the molecule is CN1CCC(c2ccc(C(=O)O)cc2C(F)(F)F)CC1. The predicted molar refractivity (Wildman–Crippen MR) is 67.9 cm³/mol. The van der Waals surface area contributed by atoms with E-state index in [9.17, 15) is 18.0 Å². The fraction of sp³-hybridized carbons (Fsp3) is 0.500. The second-order valence-corrected chi connectivity index (χ2v) is 5.18. The molecule has 1 fully saturated rings. The largest absolute Gasteiger partial charge is 0.478 e. The second-order valence-electron chi connectivity index (χ2n) is 5.18. The van der Waals surface area contributed by atoms with Crippen molar-refractivity contribution in [3.05, 3.63) is 34.9 Å². The average molecular weight is 287 g/mol. The van der Waals surface area contributed by atoms with Gasteiger partial charge in [-0.25, -0.2) is 4.79 Å². The molecule has 1 saturated heterocycles. The van der Waals surface area contributed by atoms with Gasteiger partial charge in [-0.2, -0.15) is 13.2 Å². The highest BCUT2D eigenvalue weighted by Crippen LogP contribution is 2.39. The number of benzene rings is 1. The summed E-state index contributed by atoms with van der Waals surface area (Å²) in [6.45, 7) is 1.51. The minimum atomic E-state index is -4.52. The number of carboxylic acid groups (broad SMARTS) is 1. The van der Waals surface area contributed by atoms with Crippen LogP contribution in [0.25, 0.3) is 0 Å². The van der Waals surface area contributed by atoms with Gasteiger partial charge in [-0.3, -0.25) is 0 Å². The number of carbonyl (C=O) groups is 1. The molecule has 0 saturated carbocycles. The molecular weight excluding hydrogens is 271 g/mol. The summed E-state index contributed by atoms with van der Waals surface area (Å²) in [7, 11) is 1.94. The number of alkyl halides is 3. The summed E-state index contributed by atoms with van der Waals surface area (Å²) in [5.41, 5.74) is -0.920. The van der Waals surface area contributed by atoms with Gasteiger partial charge in [0.05, 0.1) is 11.1 Å². The Morgan fingerprint density at radius 1 is 1.30 bits per heavy atom. The Kier molecular flexibility index (Phi) is 4.04. The molecule has 0 aromatic heterocycles. The molecule has 0 amide bonds. The lowest BCUT2D eigenvalue weighted by Crippen LogP contribution is -2.30. The highest BCUT2D eigenvalue weighted by atomic mass is 19.4. The first-order valence-electron chi connectivity index (χ1n) is 6.42. The Bertz CT molecular complexity index is 506. The third kappa shape index (κ3) is 3.12. The lowest BCUT2D eigenvalue weighted by molar-refractivity contribution is -0.138. The molecule has 110 valence electrons. The smallest absolute Gasteiger partial charge is 0.416 e. The zero-order chi connectivity index (χ0) is 14.9. The number of likely N-dealkylation sites (tertiary alicyclic amines) is 1. The van der Waals surface area contributed by atoms with Crippen LogP contribution in [0, 0.1) is 0 Å². The van der Waals surface area contributed by atoms with Crippen LogP contribution in [0.5, 0.6) is 0 Å². The number of piperidine rings is 1. The van der Waals surface area contributed by atoms with Gasteiger partial charge in [0.25, 0.3) is 0 Å². The van der Waals surface area contributed by atoms with Crippen molar-refractivity contribution >= 4 is 5.97 Å². The van der Waals surface area contributed by atoms with Gasteiger partial charge in [0.15, 0.2) is 0 Å². The zero-order valence-corrected chi connectivity index (χ0v) is 11.1. The van der Waals surface area contributed by atoms with Gasteiger partial charge in [0.1, 0.15) is 0 Å². The number of halogens is 3. The summed E-state index contributed by atoms with van der Waals surface area (Å²) in [6, 6.07) is 3.32. The average Bonchev–Trinajstić information content (AvgIpc) is 2.38. The molecule has 20 heavy (non-hydrogen) atoms. The predicted octanol–water partition coefficient (Wildman–Crippen LogP) is 3.21. The third-order valence-corrected chi connectivity index (χ3v) is 3.76. The first-order valence-corrected chi connectivity index (χ1v) is 6.42. The molecule has 0 bridgehead atoms. The lowest BCUT2D eigenvalue weighted by Gasteiger charge is -2.30. The monoisotopic (exact) mass is 287 g/mol. The van der Waals surface area contributed by atoms with Gasteiger partial charge in [-0.1, -0.05) is 6.07 Å².